The lowest BCUT2D eigenvalue weighted by molar-refractivity contribution is -0.131. The zero-order chi connectivity index (χ0) is 19.7. The summed E-state index contributed by atoms with van der Waals surface area (Å²) in [6.07, 6.45) is 0. The van der Waals surface area contributed by atoms with Crippen molar-refractivity contribution in [3.05, 3.63) is 51.9 Å². The van der Waals surface area contributed by atoms with E-state index < -0.39 is 5.63 Å². The molecule has 1 heterocycles. The van der Waals surface area contributed by atoms with Gasteiger partial charge in [-0.1, -0.05) is 0 Å². The monoisotopic (exact) mass is 368 g/mol. The summed E-state index contributed by atoms with van der Waals surface area (Å²) in [6.45, 7) is 5.02. The minimum atomic E-state index is -0.499. The van der Waals surface area contributed by atoms with Crippen molar-refractivity contribution in [2.24, 2.45) is 0 Å². The molecular formula is C21H20O6. The van der Waals surface area contributed by atoms with Crippen LogP contribution in [0.4, 0.5) is 0 Å². The molecule has 0 aliphatic carbocycles. The Kier molecular flexibility index (Phi) is 4.90. The van der Waals surface area contributed by atoms with E-state index in [0.29, 0.717) is 39.3 Å². The van der Waals surface area contributed by atoms with Crippen LogP contribution < -0.4 is 19.8 Å². The van der Waals surface area contributed by atoms with E-state index in [4.69, 9.17) is 18.6 Å². The molecule has 0 atom stereocenters. The van der Waals surface area contributed by atoms with E-state index in [-0.39, 0.29) is 5.97 Å². The van der Waals surface area contributed by atoms with Crippen molar-refractivity contribution < 1.29 is 23.4 Å². The van der Waals surface area contributed by atoms with Gasteiger partial charge >= 0.3 is 11.6 Å². The normalized spacial score (nSPS) is 10.7. The summed E-state index contributed by atoms with van der Waals surface area (Å²) in [6, 6.07) is 8.79. The maximum absolute atomic E-state index is 12.6. The SMILES string of the molecule is COc1cc(OC)c2c(=O)oc(-c3cc(C)c(OC(C)=O)c(C)c3)cc2c1. The molecule has 0 aliphatic heterocycles. The van der Waals surface area contributed by atoms with E-state index in [1.54, 1.807) is 25.3 Å². The third-order valence-corrected chi connectivity index (χ3v) is 4.25. The zero-order valence-corrected chi connectivity index (χ0v) is 15.8. The lowest BCUT2D eigenvalue weighted by atomic mass is 10.0. The van der Waals surface area contributed by atoms with Crippen LogP contribution in [0.2, 0.25) is 0 Å². The summed E-state index contributed by atoms with van der Waals surface area (Å²) in [4.78, 5) is 23.9. The molecule has 3 aromatic rings. The summed E-state index contributed by atoms with van der Waals surface area (Å²) in [5.74, 6) is 1.50. The van der Waals surface area contributed by atoms with Gasteiger partial charge in [-0.05, 0) is 49.2 Å². The number of carbonyl (C=O) groups is 1. The van der Waals surface area contributed by atoms with Crippen molar-refractivity contribution in [2.45, 2.75) is 20.8 Å². The Labute approximate surface area is 156 Å². The molecule has 2 aromatic carbocycles. The van der Waals surface area contributed by atoms with Crippen LogP contribution in [0.3, 0.4) is 0 Å². The Morgan fingerprint density at radius 2 is 1.63 bits per heavy atom. The highest BCUT2D eigenvalue weighted by molar-refractivity contribution is 5.90. The molecule has 27 heavy (non-hydrogen) atoms. The minimum absolute atomic E-state index is 0.354. The number of hydrogen-bond acceptors (Lipinski definition) is 6. The predicted molar refractivity (Wildman–Crippen MR) is 102 cm³/mol. The van der Waals surface area contributed by atoms with Crippen LogP contribution in [-0.2, 0) is 4.79 Å². The van der Waals surface area contributed by atoms with Crippen LogP contribution in [0.5, 0.6) is 17.2 Å². The number of benzene rings is 2. The van der Waals surface area contributed by atoms with Gasteiger partial charge in [0.25, 0.3) is 0 Å². The van der Waals surface area contributed by atoms with Crippen LogP contribution in [0.25, 0.3) is 22.1 Å². The maximum atomic E-state index is 12.6. The summed E-state index contributed by atoms with van der Waals surface area (Å²) < 4.78 is 21.4. The Balaban J connectivity index is 2.21. The molecule has 0 N–H and O–H groups in total. The second kappa shape index (κ2) is 7.15. The minimum Gasteiger partial charge on any atom is -0.497 e. The van der Waals surface area contributed by atoms with Crippen molar-refractivity contribution in [2.75, 3.05) is 14.2 Å². The smallest absolute Gasteiger partial charge is 0.347 e. The van der Waals surface area contributed by atoms with Gasteiger partial charge in [-0.3, -0.25) is 4.79 Å². The molecule has 0 saturated carbocycles. The average molecular weight is 368 g/mol. The van der Waals surface area contributed by atoms with Gasteiger partial charge in [-0.2, -0.15) is 0 Å². The van der Waals surface area contributed by atoms with Gasteiger partial charge in [0.2, 0.25) is 0 Å². The summed E-state index contributed by atoms with van der Waals surface area (Å²) in [7, 11) is 3.04. The first kappa shape index (κ1) is 18.5. The van der Waals surface area contributed by atoms with Crippen molar-refractivity contribution in [3.8, 4) is 28.6 Å². The molecule has 0 unspecified atom stereocenters. The Hall–Kier alpha value is -3.28. The summed E-state index contributed by atoms with van der Waals surface area (Å²) in [5.41, 5.74) is 1.75. The lowest BCUT2D eigenvalue weighted by Gasteiger charge is -2.12. The second-order valence-electron chi connectivity index (χ2n) is 6.22. The summed E-state index contributed by atoms with van der Waals surface area (Å²) >= 11 is 0. The molecule has 1 aromatic heterocycles. The number of carbonyl (C=O) groups excluding carboxylic acids is 1. The quantitative estimate of drug-likeness (QED) is 0.511. The zero-order valence-electron chi connectivity index (χ0n) is 15.8. The van der Waals surface area contributed by atoms with Gasteiger partial charge in [-0.15, -0.1) is 0 Å². The van der Waals surface area contributed by atoms with Crippen LogP contribution >= 0.6 is 0 Å². The van der Waals surface area contributed by atoms with Crippen LogP contribution in [0.1, 0.15) is 18.1 Å². The average Bonchev–Trinajstić information content (AvgIpc) is 2.63. The molecule has 3 rings (SSSR count). The molecular weight excluding hydrogens is 348 g/mol. The number of hydrogen-bond donors (Lipinski definition) is 0. The topological polar surface area (TPSA) is 75.0 Å². The van der Waals surface area contributed by atoms with Gasteiger partial charge in [0.1, 0.15) is 28.4 Å². The number of ether oxygens (including phenoxy) is 3. The Bertz CT molecular complexity index is 1070. The molecule has 6 heteroatoms. The van der Waals surface area contributed by atoms with Gasteiger partial charge in [0, 0.05) is 23.9 Å². The van der Waals surface area contributed by atoms with E-state index in [1.165, 1.54) is 14.0 Å². The molecule has 0 saturated heterocycles. The Morgan fingerprint density at radius 3 is 2.19 bits per heavy atom. The fourth-order valence-electron chi connectivity index (χ4n) is 3.08. The highest BCUT2D eigenvalue weighted by Gasteiger charge is 2.15. The number of methoxy groups -OCH3 is 2. The van der Waals surface area contributed by atoms with Crippen LogP contribution in [0.15, 0.2) is 39.5 Å². The maximum Gasteiger partial charge on any atom is 0.347 e. The third-order valence-electron chi connectivity index (χ3n) is 4.25. The third kappa shape index (κ3) is 3.51. The highest BCUT2D eigenvalue weighted by Crippen LogP contribution is 2.34. The van der Waals surface area contributed by atoms with E-state index in [2.05, 4.69) is 0 Å². The first-order valence-electron chi connectivity index (χ1n) is 8.34. The van der Waals surface area contributed by atoms with Crippen LogP contribution in [-0.4, -0.2) is 20.2 Å². The van der Waals surface area contributed by atoms with E-state index in [9.17, 15) is 9.59 Å². The standard InChI is InChI=1S/C21H20O6/c1-11-6-14(7-12(2)20(11)26-13(3)22)17-9-15-8-16(24-4)10-18(25-5)19(15)21(23)27-17/h6-10H,1-5H3. The number of fused-ring (bicyclic) bond motifs is 1. The number of rotatable bonds is 4. The predicted octanol–water partition coefficient (Wildman–Crippen LogP) is 4.02. The van der Waals surface area contributed by atoms with E-state index in [1.807, 2.05) is 26.0 Å². The molecule has 0 fully saturated rings. The second-order valence-corrected chi connectivity index (χ2v) is 6.22. The molecule has 0 amide bonds. The van der Waals surface area contributed by atoms with E-state index in [0.717, 1.165) is 11.1 Å². The molecule has 0 aliphatic rings. The van der Waals surface area contributed by atoms with Crippen molar-refractivity contribution in [3.63, 3.8) is 0 Å². The van der Waals surface area contributed by atoms with Crippen molar-refractivity contribution in [1.29, 1.82) is 0 Å². The first-order chi connectivity index (χ1) is 12.8. The number of aryl methyl sites for hydroxylation is 2. The van der Waals surface area contributed by atoms with Gasteiger partial charge in [-0.25, -0.2) is 4.79 Å². The molecule has 140 valence electrons. The van der Waals surface area contributed by atoms with Crippen molar-refractivity contribution >= 4 is 16.7 Å². The fourth-order valence-corrected chi connectivity index (χ4v) is 3.08. The summed E-state index contributed by atoms with van der Waals surface area (Å²) in [5, 5.41) is 1.00. The largest absolute Gasteiger partial charge is 0.497 e. The molecule has 6 nitrogen and oxygen atoms in total. The molecule has 0 spiro atoms. The van der Waals surface area contributed by atoms with E-state index >= 15 is 0 Å². The molecule has 0 radical (unpaired) electrons. The highest BCUT2D eigenvalue weighted by atomic mass is 16.5. The van der Waals surface area contributed by atoms with Gasteiger partial charge in [0.15, 0.2) is 0 Å². The Morgan fingerprint density at radius 1 is 0.963 bits per heavy atom. The van der Waals surface area contributed by atoms with Crippen molar-refractivity contribution in [1.82, 2.24) is 0 Å². The van der Waals surface area contributed by atoms with Gasteiger partial charge in [0.05, 0.1) is 14.2 Å². The van der Waals surface area contributed by atoms with Crippen LogP contribution in [0, 0.1) is 13.8 Å². The lowest BCUT2D eigenvalue weighted by Crippen LogP contribution is -2.05. The number of esters is 1. The first-order valence-corrected chi connectivity index (χ1v) is 8.34. The van der Waals surface area contributed by atoms with Gasteiger partial charge < -0.3 is 18.6 Å². The fraction of sp³-hybridized carbons (Fsp3) is 0.238. The molecule has 0 bridgehead atoms.